The van der Waals surface area contributed by atoms with Crippen molar-refractivity contribution in [2.24, 2.45) is 4.99 Å². The van der Waals surface area contributed by atoms with E-state index in [0.717, 1.165) is 85.0 Å². The van der Waals surface area contributed by atoms with E-state index >= 15 is 0 Å². The van der Waals surface area contributed by atoms with Gasteiger partial charge in [-0.2, -0.15) is 9.98 Å². The van der Waals surface area contributed by atoms with Crippen molar-refractivity contribution in [3.8, 4) is 16.6 Å². The Kier molecular flexibility index (Phi) is 10.5. The highest BCUT2D eigenvalue weighted by atomic mass is 32.1. The summed E-state index contributed by atoms with van der Waals surface area (Å²) in [5.74, 6) is 0.585. The van der Waals surface area contributed by atoms with E-state index in [2.05, 4.69) is 57.6 Å². The van der Waals surface area contributed by atoms with Crippen LogP contribution in [0, 0.1) is 6.92 Å². The second-order valence-electron chi connectivity index (χ2n) is 12.8. The van der Waals surface area contributed by atoms with Crippen LogP contribution in [0.15, 0.2) is 29.6 Å². The third-order valence-corrected chi connectivity index (χ3v) is 10.5. The fourth-order valence-electron chi connectivity index (χ4n) is 5.09. The molecule has 3 aromatic rings. The molecule has 0 bridgehead atoms. The molecule has 0 unspecified atom stereocenters. The average Bonchev–Trinajstić information content (AvgIpc) is 3.35. The number of ether oxygens (including phenoxy) is 2. The molecule has 0 radical (unpaired) electrons. The van der Waals surface area contributed by atoms with Gasteiger partial charge >= 0.3 is 6.01 Å². The maximum absolute atomic E-state index is 6.22. The summed E-state index contributed by atoms with van der Waals surface area (Å²) in [5, 5.41) is 0. The van der Waals surface area contributed by atoms with Crippen molar-refractivity contribution in [2.45, 2.75) is 84.1 Å². The molecule has 42 heavy (non-hydrogen) atoms. The van der Waals surface area contributed by atoms with Crippen LogP contribution in [0.1, 0.15) is 43.5 Å². The molecular formula is C30H46N8O2SSi. The molecule has 1 saturated carbocycles. The van der Waals surface area contributed by atoms with Gasteiger partial charge in [0.1, 0.15) is 12.8 Å². The summed E-state index contributed by atoms with van der Waals surface area (Å²) in [5.41, 5.74) is 2.69. The topological polar surface area (TPSA) is 93.8 Å². The Morgan fingerprint density at radius 3 is 2.52 bits per heavy atom. The lowest BCUT2D eigenvalue weighted by Crippen LogP contribution is -2.44. The number of likely N-dealkylation sites (N-methyl/N-ethyl adjacent to an activating group) is 1. The van der Waals surface area contributed by atoms with Crippen molar-refractivity contribution < 1.29 is 9.47 Å². The lowest BCUT2D eigenvalue weighted by Gasteiger charge is -2.31. The molecule has 0 aromatic carbocycles. The Bertz CT molecular complexity index is 1360. The highest BCUT2D eigenvalue weighted by molar-refractivity contribution is 7.12. The molecular weight excluding hydrogens is 565 g/mol. The van der Waals surface area contributed by atoms with E-state index in [1.54, 1.807) is 17.5 Å². The first kappa shape index (κ1) is 30.9. The number of nitrogens with zero attached hydrogens (tertiary/aromatic N) is 8. The second-order valence-corrected chi connectivity index (χ2v) is 19.4. The number of rotatable bonds is 11. The molecule has 1 aliphatic heterocycles. The zero-order chi connectivity index (χ0) is 29.5. The Labute approximate surface area is 254 Å². The van der Waals surface area contributed by atoms with Crippen molar-refractivity contribution >= 4 is 25.2 Å². The van der Waals surface area contributed by atoms with Crippen LogP contribution >= 0.6 is 11.3 Å². The van der Waals surface area contributed by atoms with E-state index < -0.39 is 8.07 Å². The summed E-state index contributed by atoms with van der Waals surface area (Å²) in [4.78, 5) is 30.2. The molecule has 0 atom stereocenters. The van der Waals surface area contributed by atoms with Crippen molar-refractivity contribution in [3.63, 3.8) is 0 Å². The quantitative estimate of drug-likeness (QED) is 0.219. The Hall–Kier alpha value is -2.51. The van der Waals surface area contributed by atoms with Crippen LogP contribution in [0.5, 0.6) is 6.01 Å². The normalized spacial score (nSPS) is 18.1. The first-order valence-corrected chi connectivity index (χ1v) is 19.8. The van der Waals surface area contributed by atoms with Crippen molar-refractivity contribution in [1.82, 2.24) is 34.3 Å². The number of hydrogen-bond acceptors (Lipinski definition) is 10. The van der Waals surface area contributed by atoms with Crippen LogP contribution in [0.3, 0.4) is 0 Å². The largest absolute Gasteiger partial charge is 0.460 e. The lowest BCUT2D eigenvalue weighted by atomic mass is 9.98. The van der Waals surface area contributed by atoms with Gasteiger partial charge in [0.05, 0.1) is 28.7 Å². The molecule has 0 spiro atoms. The highest BCUT2D eigenvalue weighted by Crippen LogP contribution is 2.26. The van der Waals surface area contributed by atoms with Gasteiger partial charge in [-0.25, -0.2) is 9.97 Å². The molecule has 3 aromatic heterocycles. The highest BCUT2D eigenvalue weighted by Gasteiger charge is 2.19. The van der Waals surface area contributed by atoms with Crippen LogP contribution in [0.25, 0.3) is 10.6 Å². The van der Waals surface area contributed by atoms with E-state index in [0.29, 0.717) is 18.6 Å². The minimum absolute atomic E-state index is 0.199. The Balaban J connectivity index is 1.36. The van der Waals surface area contributed by atoms with Gasteiger partial charge in [-0.15, -0.1) is 0 Å². The van der Waals surface area contributed by atoms with Gasteiger partial charge in [-0.1, -0.05) is 37.4 Å². The first-order chi connectivity index (χ1) is 20.2. The van der Waals surface area contributed by atoms with E-state index in [4.69, 9.17) is 19.5 Å². The van der Waals surface area contributed by atoms with Crippen LogP contribution in [0.2, 0.25) is 25.7 Å². The standard InChI is InChI=1S/C30H46N8O2SSi/c1-23-17-26(34-29(33-23)40-25-9-7-6-8-10-25)27-21-38(22-39-15-16-42(3,4)5)30(41-27)35-28-19-31-24(18-32-28)20-37-13-11-36(2)12-14-37/h17-19,21,25H,6-16,20,22H2,1-5H3/b35-30-. The number of thiazole rings is 1. The maximum Gasteiger partial charge on any atom is 0.317 e. The smallest absolute Gasteiger partial charge is 0.317 e. The Morgan fingerprint density at radius 1 is 1.02 bits per heavy atom. The van der Waals surface area contributed by atoms with E-state index in [9.17, 15) is 0 Å². The Morgan fingerprint density at radius 2 is 1.81 bits per heavy atom. The molecule has 228 valence electrons. The number of aromatic nitrogens is 5. The lowest BCUT2D eigenvalue weighted by molar-refractivity contribution is 0.0855. The molecule has 10 nitrogen and oxygen atoms in total. The molecule has 4 heterocycles. The maximum atomic E-state index is 6.22. The monoisotopic (exact) mass is 610 g/mol. The number of piperazine rings is 1. The summed E-state index contributed by atoms with van der Waals surface area (Å²) in [6.07, 6.45) is 11.7. The molecule has 0 N–H and O–H groups in total. The molecule has 1 aliphatic carbocycles. The SMILES string of the molecule is Cc1cc(-c2cn(COCC[Si](C)(C)C)/c(=N/c3cnc(CN4CCN(C)CC4)cn3)s2)nc(OC2CCCCC2)n1. The number of aryl methyl sites for hydroxylation is 1. The fourth-order valence-corrected chi connectivity index (χ4v) is 6.80. The van der Waals surface area contributed by atoms with Crippen LogP contribution < -0.4 is 9.54 Å². The van der Waals surface area contributed by atoms with Gasteiger partial charge in [0.15, 0.2) is 10.6 Å². The molecule has 5 rings (SSSR count). The van der Waals surface area contributed by atoms with Gasteiger partial charge in [-0.3, -0.25) is 14.5 Å². The van der Waals surface area contributed by atoms with Gasteiger partial charge in [0.2, 0.25) is 0 Å². The molecule has 0 amide bonds. The predicted octanol–water partition coefficient (Wildman–Crippen LogP) is 5.11. The summed E-state index contributed by atoms with van der Waals surface area (Å²) < 4.78 is 14.4. The van der Waals surface area contributed by atoms with Gasteiger partial charge in [0, 0.05) is 59.3 Å². The summed E-state index contributed by atoms with van der Waals surface area (Å²) >= 11 is 1.57. The molecule has 2 fully saturated rings. The third kappa shape index (κ3) is 9.24. The third-order valence-electron chi connectivity index (χ3n) is 7.74. The molecule has 2 aliphatic rings. The van der Waals surface area contributed by atoms with Crippen LogP contribution in [0.4, 0.5) is 5.82 Å². The predicted molar refractivity (Wildman–Crippen MR) is 170 cm³/mol. The minimum atomic E-state index is -1.18. The fraction of sp³-hybridized carbons (Fsp3) is 0.633. The number of hydrogen-bond donors (Lipinski definition) is 0. The zero-order valence-electron chi connectivity index (χ0n) is 25.9. The molecule has 1 saturated heterocycles. The zero-order valence-corrected chi connectivity index (χ0v) is 27.7. The van der Waals surface area contributed by atoms with Crippen molar-refractivity contribution in [2.75, 3.05) is 39.8 Å². The van der Waals surface area contributed by atoms with Gasteiger partial charge in [0.25, 0.3) is 0 Å². The van der Waals surface area contributed by atoms with E-state index in [1.165, 1.54) is 19.3 Å². The summed E-state index contributed by atoms with van der Waals surface area (Å²) in [7, 11) is 0.986. The average molecular weight is 611 g/mol. The van der Waals surface area contributed by atoms with Crippen molar-refractivity contribution in [3.05, 3.63) is 40.8 Å². The van der Waals surface area contributed by atoms with Gasteiger partial charge in [-0.05, 0) is 51.8 Å². The summed E-state index contributed by atoms with van der Waals surface area (Å²) in [6, 6.07) is 3.58. The second kappa shape index (κ2) is 14.3. The van der Waals surface area contributed by atoms with E-state index in [1.807, 2.05) is 23.8 Å². The first-order valence-electron chi connectivity index (χ1n) is 15.3. The van der Waals surface area contributed by atoms with Gasteiger partial charge < -0.3 is 14.4 Å². The van der Waals surface area contributed by atoms with Crippen molar-refractivity contribution in [1.29, 1.82) is 0 Å². The molecule has 12 heteroatoms. The summed E-state index contributed by atoms with van der Waals surface area (Å²) in [6.45, 7) is 15.3. The van der Waals surface area contributed by atoms with Crippen LogP contribution in [-0.2, 0) is 18.0 Å². The van der Waals surface area contributed by atoms with Crippen LogP contribution in [-0.4, -0.2) is 88.3 Å². The minimum Gasteiger partial charge on any atom is -0.460 e. The van der Waals surface area contributed by atoms with E-state index in [-0.39, 0.29) is 6.10 Å².